The lowest BCUT2D eigenvalue weighted by Gasteiger charge is -2.15. The summed E-state index contributed by atoms with van der Waals surface area (Å²) in [6, 6.07) is 4.09. The first kappa shape index (κ1) is 19.8. The van der Waals surface area contributed by atoms with Gasteiger partial charge in [0.15, 0.2) is 0 Å². The first-order valence-corrected chi connectivity index (χ1v) is 9.66. The van der Waals surface area contributed by atoms with Gasteiger partial charge in [0.1, 0.15) is 8.96 Å². The summed E-state index contributed by atoms with van der Waals surface area (Å²) in [5, 5.41) is 8.72. The van der Waals surface area contributed by atoms with Crippen LogP contribution in [0.15, 0.2) is 23.2 Å². The molecule has 0 aromatic carbocycles. The molecule has 1 amide bonds. The second-order valence-corrected chi connectivity index (χ2v) is 7.83. The average Bonchev–Trinajstić information content (AvgIpc) is 2.83. The van der Waals surface area contributed by atoms with Crippen molar-refractivity contribution in [2.45, 2.75) is 39.2 Å². The van der Waals surface area contributed by atoms with Gasteiger partial charge in [-0.3, -0.25) is 14.5 Å². The summed E-state index contributed by atoms with van der Waals surface area (Å²) in [5.41, 5.74) is 0.809. The fourth-order valence-electron chi connectivity index (χ4n) is 2.40. The quantitative estimate of drug-likeness (QED) is 0.549. The van der Waals surface area contributed by atoms with Gasteiger partial charge in [0, 0.05) is 30.8 Å². The van der Waals surface area contributed by atoms with Crippen molar-refractivity contribution >= 4 is 58.5 Å². The SMILES string of the molecule is CCC(C)n1cccc(C=C2SC(=S)N(CCCC(=O)O)C2=O)c1=S. The molecule has 1 saturated heterocycles. The molecular formula is C17H20N2O3S3. The van der Waals surface area contributed by atoms with Gasteiger partial charge in [-0.25, -0.2) is 0 Å². The van der Waals surface area contributed by atoms with E-state index in [1.807, 2.05) is 22.9 Å². The van der Waals surface area contributed by atoms with Crippen LogP contribution in [-0.2, 0) is 9.59 Å². The molecule has 8 heteroatoms. The zero-order chi connectivity index (χ0) is 18.6. The second-order valence-electron chi connectivity index (χ2n) is 5.76. The van der Waals surface area contributed by atoms with E-state index >= 15 is 0 Å². The van der Waals surface area contributed by atoms with Gasteiger partial charge in [-0.15, -0.1) is 0 Å². The molecule has 0 saturated carbocycles. The Kier molecular flexibility index (Phi) is 6.92. The first-order valence-electron chi connectivity index (χ1n) is 8.03. The van der Waals surface area contributed by atoms with Crippen molar-refractivity contribution in [1.82, 2.24) is 9.47 Å². The third-order valence-electron chi connectivity index (χ3n) is 4.00. The number of aromatic nitrogens is 1. The number of thioether (sulfide) groups is 1. The fourth-order valence-corrected chi connectivity index (χ4v) is 4.07. The van der Waals surface area contributed by atoms with Crippen molar-refractivity contribution in [2.24, 2.45) is 0 Å². The number of pyridine rings is 1. The van der Waals surface area contributed by atoms with Crippen LogP contribution in [-0.4, -0.2) is 37.3 Å². The van der Waals surface area contributed by atoms with E-state index in [0.717, 1.165) is 12.0 Å². The monoisotopic (exact) mass is 396 g/mol. The molecule has 0 spiro atoms. The summed E-state index contributed by atoms with van der Waals surface area (Å²) >= 11 is 12.0. The Hall–Kier alpha value is -1.51. The standard InChI is InChI=1S/C17H20N2O3S3/c1-3-11(2)18-8-4-6-12(16(18)23)10-13-15(22)19(17(24)25-13)9-5-7-14(20)21/h4,6,8,10-11H,3,5,7,9H2,1-2H3,(H,20,21). The number of carbonyl (C=O) groups excluding carboxylic acids is 1. The van der Waals surface area contributed by atoms with Gasteiger partial charge in [-0.2, -0.15) is 0 Å². The van der Waals surface area contributed by atoms with E-state index in [9.17, 15) is 9.59 Å². The summed E-state index contributed by atoms with van der Waals surface area (Å²) in [6.07, 6.45) is 5.08. The number of amides is 1. The number of hydrogen-bond donors (Lipinski definition) is 1. The zero-order valence-corrected chi connectivity index (χ0v) is 16.5. The minimum atomic E-state index is -0.879. The van der Waals surface area contributed by atoms with Crippen molar-refractivity contribution < 1.29 is 14.7 Å². The molecule has 1 aromatic rings. The third kappa shape index (κ3) is 4.77. The van der Waals surface area contributed by atoms with Gasteiger partial charge in [-0.05, 0) is 31.9 Å². The highest BCUT2D eigenvalue weighted by Gasteiger charge is 2.31. The molecule has 2 heterocycles. The smallest absolute Gasteiger partial charge is 0.303 e. The van der Waals surface area contributed by atoms with Crippen molar-refractivity contribution in [2.75, 3.05) is 6.54 Å². The Morgan fingerprint density at radius 1 is 1.44 bits per heavy atom. The Bertz CT molecular complexity index is 786. The molecular weight excluding hydrogens is 376 g/mol. The van der Waals surface area contributed by atoms with Crippen molar-refractivity contribution in [3.63, 3.8) is 0 Å². The molecule has 1 atom stereocenters. The number of carboxylic acids is 1. The van der Waals surface area contributed by atoms with Crippen LogP contribution in [0.4, 0.5) is 0 Å². The van der Waals surface area contributed by atoms with Crippen molar-refractivity contribution in [1.29, 1.82) is 0 Å². The summed E-state index contributed by atoms with van der Waals surface area (Å²) in [6.45, 7) is 4.51. The maximum Gasteiger partial charge on any atom is 0.303 e. The number of rotatable bonds is 7. The van der Waals surface area contributed by atoms with E-state index in [0.29, 0.717) is 26.8 Å². The fraction of sp³-hybridized carbons (Fsp3) is 0.412. The lowest BCUT2D eigenvalue weighted by molar-refractivity contribution is -0.137. The normalized spacial score (nSPS) is 17.4. The highest BCUT2D eigenvalue weighted by atomic mass is 32.2. The number of carboxylic acid groups (broad SMARTS) is 1. The van der Waals surface area contributed by atoms with E-state index in [1.54, 1.807) is 6.08 Å². The minimum Gasteiger partial charge on any atom is -0.481 e. The number of carbonyl (C=O) groups is 2. The van der Waals surface area contributed by atoms with Crippen LogP contribution in [0, 0.1) is 4.64 Å². The Balaban J connectivity index is 2.22. The maximum atomic E-state index is 12.5. The number of thiocarbonyl (C=S) groups is 1. The third-order valence-corrected chi connectivity index (χ3v) is 5.83. The van der Waals surface area contributed by atoms with Crippen LogP contribution in [0.5, 0.6) is 0 Å². The second kappa shape index (κ2) is 8.73. The van der Waals surface area contributed by atoms with E-state index in [1.165, 1.54) is 16.7 Å². The minimum absolute atomic E-state index is 0.0139. The van der Waals surface area contributed by atoms with Gasteiger partial charge in [-0.1, -0.05) is 49.2 Å². The Labute approximate surface area is 161 Å². The predicted octanol–water partition coefficient (Wildman–Crippen LogP) is 4.25. The number of aliphatic carboxylic acids is 1. The van der Waals surface area contributed by atoms with Crippen LogP contribution in [0.25, 0.3) is 6.08 Å². The topological polar surface area (TPSA) is 62.5 Å². The van der Waals surface area contributed by atoms with E-state index in [4.69, 9.17) is 29.5 Å². The number of hydrogen-bond acceptors (Lipinski definition) is 5. The summed E-state index contributed by atoms with van der Waals surface area (Å²) in [5.74, 6) is -1.07. The lowest BCUT2D eigenvalue weighted by Crippen LogP contribution is -2.29. The Morgan fingerprint density at radius 2 is 2.16 bits per heavy atom. The summed E-state index contributed by atoms with van der Waals surface area (Å²) < 4.78 is 3.17. The molecule has 5 nitrogen and oxygen atoms in total. The Morgan fingerprint density at radius 3 is 2.80 bits per heavy atom. The summed E-state index contributed by atoms with van der Waals surface area (Å²) in [7, 11) is 0. The molecule has 0 radical (unpaired) electrons. The molecule has 1 aliphatic heterocycles. The van der Waals surface area contributed by atoms with E-state index in [2.05, 4.69) is 13.8 Å². The molecule has 0 bridgehead atoms. The number of nitrogens with zero attached hydrogens (tertiary/aromatic N) is 2. The van der Waals surface area contributed by atoms with Gasteiger partial charge < -0.3 is 9.67 Å². The molecule has 0 aliphatic carbocycles. The van der Waals surface area contributed by atoms with Crippen LogP contribution in [0.3, 0.4) is 0 Å². The lowest BCUT2D eigenvalue weighted by atomic mass is 10.2. The van der Waals surface area contributed by atoms with Gasteiger partial charge in [0.05, 0.1) is 4.91 Å². The average molecular weight is 397 g/mol. The molecule has 2 rings (SSSR count). The van der Waals surface area contributed by atoms with Gasteiger partial charge in [0.25, 0.3) is 5.91 Å². The maximum absolute atomic E-state index is 12.5. The van der Waals surface area contributed by atoms with E-state index in [-0.39, 0.29) is 18.4 Å². The molecule has 25 heavy (non-hydrogen) atoms. The van der Waals surface area contributed by atoms with Gasteiger partial charge >= 0.3 is 5.97 Å². The largest absolute Gasteiger partial charge is 0.481 e. The molecule has 1 aromatic heterocycles. The molecule has 1 aliphatic rings. The first-order chi connectivity index (χ1) is 11.8. The van der Waals surface area contributed by atoms with Crippen molar-refractivity contribution in [3.8, 4) is 0 Å². The van der Waals surface area contributed by atoms with Crippen LogP contribution < -0.4 is 0 Å². The molecule has 1 unspecified atom stereocenters. The zero-order valence-electron chi connectivity index (χ0n) is 14.1. The molecule has 1 fully saturated rings. The highest BCUT2D eigenvalue weighted by Crippen LogP contribution is 2.33. The van der Waals surface area contributed by atoms with Crippen LogP contribution >= 0.6 is 36.2 Å². The van der Waals surface area contributed by atoms with Gasteiger partial charge in [0.2, 0.25) is 0 Å². The molecule has 134 valence electrons. The summed E-state index contributed by atoms with van der Waals surface area (Å²) in [4.78, 5) is 25.2. The predicted molar refractivity (Wildman–Crippen MR) is 107 cm³/mol. The highest BCUT2D eigenvalue weighted by molar-refractivity contribution is 8.26. The van der Waals surface area contributed by atoms with E-state index < -0.39 is 5.97 Å². The molecule has 1 N–H and O–H groups in total. The van der Waals surface area contributed by atoms with Crippen LogP contribution in [0.2, 0.25) is 0 Å². The van der Waals surface area contributed by atoms with Crippen molar-refractivity contribution in [3.05, 3.63) is 33.4 Å². The van der Waals surface area contributed by atoms with Crippen LogP contribution in [0.1, 0.15) is 44.7 Å².